The summed E-state index contributed by atoms with van der Waals surface area (Å²) in [7, 11) is 0. The van der Waals surface area contributed by atoms with Gasteiger partial charge in [0.05, 0.1) is 6.54 Å². The van der Waals surface area contributed by atoms with Gasteiger partial charge in [-0.15, -0.1) is 0 Å². The highest BCUT2D eigenvalue weighted by Gasteiger charge is 2.11. The Labute approximate surface area is 109 Å². The molecule has 0 saturated carbocycles. The molecule has 98 valence electrons. The van der Waals surface area contributed by atoms with Gasteiger partial charge in [0.2, 0.25) is 0 Å². The number of aromatic amines is 1. The van der Waals surface area contributed by atoms with Gasteiger partial charge in [-0.25, -0.2) is 4.79 Å². The first-order valence-corrected chi connectivity index (χ1v) is 6.33. The van der Waals surface area contributed by atoms with E-state index in [0.29, 0.717) is 6.54 Å². The fourth-order valence-corrected chi connectivity index (χ4v) is 2.56. The summed E-state index contributed by atoms with van der Waals surface area (Å²) in [4.78, 5) is 25.1. The summed E-state index contributed by atoms with van der Waals surface area (Å²) in [6.45, 7) is 0.424. The van der Waals surface area contributed by atoms with E-state index in [1.807, 2.05) is 6.07 Å². The van der Waals surface area contributed by atoms with Crippen LogP contribution in [0, 0.1) is 0 Å². The number of nitrogens with two attached hydrogens (primary N) is 1. The topological polar surface area (TPSA) is 80.9 Å². The molecule has 0 fully saturated rings. The number of H-pyrrole nitrogens is 1. The van der Waals surface area contributed by atoms with Gasteiger partial charge < -0.3 is 5.73 Å². The van der Waals surface area contributed by atoms with Crippen molar-refractivity contribution in [2.24, 2.45) is 0 Å². The number of aryl methyl sites for hydroxylation is 2. The number of nitrogens with one attached hydrogen (secondary N) is 1. The van der Waals surface area contributed by atoms with Gasteiger partial charge in [-0.05, 0) is 36.0 Å². The maximum Gasteiger partial charge on any atom is 0.328 e. The quantitative estimate of drug-likeness (QED) is 0.829. The zero-order valence-corrected chi connectivity index (χ0v) is 10.5. The van der Waals surface area contributed by atoms with Crippen molar-refractivity contribution < 1.29 is 0 Å². The SMILES string of the molecule is Nc1cn(Cc2ccc3c(c2)CCC3)c(=O)[nH]c1=O. The Morgan fingerprint density at radius 1 is 1.21 bits per heavy atom. The van der Waals surface area contributed by atoms with Crippen LogP contribution < -0.4 is 17.0 Å². The van der Waals surface area contributed by atoms with Crippen molar-refractivity contribution in [3.05, 3.63) is 61.9 Å². The molecule has 1 aromatic heterocycles. The summed E-state index contributed by atoms with van der Waals surface area (Å²) >= 11 is 0. The van der Waals surface area contributed by atoms with E-state index in [1.165, 1.54) is 28.3 Å². The number of hydrogen-bond donors (Lipinski definition) is 2. The largest absolute Gasteiger partial charge is 0.393 e. The van der Waals surface area contributed by atoms with E-state index in [9.17, 15) is 9.59 Å². The molecule has 1 heterocycles. The van der Waals surface area contributed by atoms with E-state index in [0.717, 1.165) is 18.4 Å². The molecule has 0 spiro atoms. The van der Waals surface area contributed by atoms with E-state index in [2.05, 4.69) is 17.1 Å². The molecule has 0 saturated heterocycles. The molecule has 1 aliphatic rings. The molecular weight excluding hydrogens is 242 g/mol. The fraction of sp³-hybridized carbons (Fsp3) is 0.286. The van der Waals surface area contributed by atoms with Crippen LogP contribution in [-0.2, 0) is 19.4 Å². The summed E-state index contributed by atoms with van der Waals surface area (Å²) < 4.78 is 1.42. The molecule has 2 aromatic rings. The van der Waals surface area contributed by atoms with E-state index >= 15 is 0 Å². The van der Waals surface area contributed by atoms with Gasteiger partial charge in [0.25, 0.3) is 5.56 Å². The Morgan fingerprint density at radius 3 is 2.84 bits per heavy atom. The van der Waals surface area contributed by atoms with E-state index in [4.69, 9.17) is 5.73 Å². The predicted octanol–water partition coefficient (Wildman–Crippen LogP) is 0.656. The maximum atomic E-state index is 11.7. The molecule has 5 heteroatoms. The number of benzene rings is 1. The van der Waals surface area contributed by atoms with Gasteiger partial charge in [-0.3, -0.25) is 14.3 Å². The van der Waals surface area contributed by atoms with Crippen LogP contribution >= 0.6 is 0 Å². The van der Waals surface area contributed by atoms with Crippen LogP contribution in [0.1, 0.15) is 23.1 Å². The smallest absolute Gasteiger partial charge is 0.328 e. The van der Waals surface area contributed by atoms with E-state index in [1.54, 1.807) is 0 Å². The summed E-state index contributed by atoms with van der Waals surface area (Å²) in [5.74, 6) is 0. The van der Waals surface area contributed by atoms with Gasteiger partial charge in [0.15, 0.2) is 0 Å². The summed E-state index contributed by atoms with van der Waals surface area (Å²) in [6, 6.07) is 6.28. The molecule has 1 aromatic carbocycles. The fourth-order valence-electron chi connectivity index (χ4n) is 2.56. The van der Waals surface area contributed by atoms with Crippen molar-refractivity contribution in [3.63, 3.8) is 0 Å². The number of hydrogen-bond acceptors (Lipinski definition) is 3. The van der Waals surface area contributed by atoms with Crippen LogP contribution in [0.2, 0.25) is 0 Å². The minimum Gasteiger partial charge on any atom is -0.393 e. The minimum absolute atomic E-state index is 0.0563. The monoisotopic (exact) mass is 257 g/mol. The average Bonchev–Trinajstić information content (AvgIpc) is 2.83. The minimum atomic E-state index is -0.532. The molecule has 19 heavy (non-hydrogen) atoms. The number of fused-ring (bicyclic) bond motifs is 1. The standard InChI is InChI=1S/C14H15N3O2/c15-12-8-17(14(19)16-13(12)18)7-9-4-5-10-2-1-3-11(10)6-9/h4-6,8H,1-3,7,15H2,(H,16,18,19). The molecule has 0 atom stereocenters. The van der Waals surface area contributed by atoms with Crippen molar-refractivity contribution in [1.29, 1.82) is 0 Å². The zero-order chi connectivity index (χ0) is 13.4. The van der Waals surface area contributed by atoms with Crippen molar-refractivity contribution in [3.8, 4) is 0 Å². The van der Waals surface area contributed by atoms with Crippen LogP contribution in [0.15, 0.2) is 34.0 Å². The van der Waals surface area contributed by atoms with E-state index in [-0.39, 0.29) is 5.69 Å². The first kappa shape index (κ1) is 11.8. The van der Waals surface area contributed by atoms with Gasteiger partial charge in [0.1, 0.15) is 5.69 Å². The lowest BCUT2D eigenvalue weighted by Crippen LogP contribution is -2.31. The van der Waals surface area contributed by atoms with Crippen molar-refractivity contribution >= 4 is 5.69 Å². The molecule has 0 bridgehead atoms. The molecule has 0 amide bonds. The molecular formula is C14H15N3O2. The van der Waals surface area contributed by atoms with Crippen molar-refractivity contribution in [1.82, 2.24) is 9.55 Å². The third-order valence-corrected chi connectivity index (χ3v) is 3.55. The molecule has 1 aliphatic carbocycles. The highest BCUT2D eigenvalue weighted by atomic mass is 16.2. The number of nitrogens with zero attached hydrogens (tertiary/aromatic N) is 1. The van der Waals surface area contributed by atoms with Gasteiger partial charge >= 0.3 is 5.69 Å². The lowest BCUT2D eigenvalue weighted by Gasteiger charge is -2.08. The Balaban J connectivity index is 1.95. The second kappa shape index (κ2) is 4.42. The van der Waals surface area contributed by atoms with Crippen LogP contribution in [-0.4, -0.2) is 9.55 Å². The van der Waals surface area contributed by atoms with Gasteiger partial charge in [-0.1, -0.05) is 18.2 Å². The van der Waals surface area contributed by atoms with Crippen LogP contribution in [0.4, 0.5) is 5.69 Å². The zero-order valence-electron chi connectivity index (χ0n) is 10.5. The molecule has 0 unspecified atom stereocenters. The molecule has 3 N–H and O–H groups in total. The Hall–Kier alpha value is -2.30. The van der Waals surface area contributed by atoms with Gasteiger partial charge in [0, 0.05) is 6.20 Å². The molecule has 0 aliphatic heterocycles. The first-order valence-electron chi connectivity index (χ1n) is 6.33. The third-order valence-electron chi connectivity index (χ3n) is 3.55. The Kier molecular flexibility index (Phi) is 2.74. The van der Waals surface area contributed by atoms with Gasteiger partial charge in [-0.2, -0.15) is 0 Å². The Morgan fingerprint density at radius 2 is 2.00 bits per heavy atom. The van der Waals surface area contributed by atoms with Crippen LogP contribution in [0.5, 0.6) is 0 Å². The molecule has 0 radical (unpaired) electrons. The average molecular weight is 257 g/mol. The lowest BCUT2D eigenvalue weighted by atomic mass is 10.1. The highest BCUT2D eigenvalue weighted by molar-refractivity contribution is 5.36. The van der Waals surface area contributed by atoms with Crippen LogP contribution in [0.3, 0.4) is 0 Å². The molecule has 5 nitrogen and oxygen atoms in total. The lowest BCUT2D eigenvalue weighted by molar-refractivity contribution is 0.722. The number of anilines is 1. The van der Waals surface area contributed by atoms with Crippen molar-refractivity contribution in [2.75, 3.05) is 5.73 Å². The summed E-state index contributed by atoms with van der Waals surface area (Å²) in [5.41, 5.74) is 8.44. The Bertz CT molecular complexity index is 743. The summed E-state index contributed by atoms with van der Waals surface area (Å²) in [5, 5.41) is 0. The van der Waals surface area contributed by atoms with Crippen molar-refractivity contribution in [2.45, 2.75) is 25.8 Å². The van der Waals surface area contributed by atoms with E-state index < -0.39 is 11.2 Å². The number of rotatable bonds is 2. The van der Waals surface area contributed by atoms with Crippen LogP contribution in [0.25, 0.3) is 0 Å². The third kappa shape index (κ3) is 2.19. The second-order valence-electron chi connectivity index (χ2n) is 4.93. The highest BCUT2D eigenvalue weighted by Crippen LogP contribution is 2.22. The first-order chi connectivity index (χ1) is 9.13. The summed E-state index contributed by atoms with van der Waals surface area (Å²) in [6.07, 6.45) is 4.84. The molecule has 3 rings (SSSR count). The number of nitrogen functional groups attached to an aromatic ring is 1. The maximum absolute atomic E-state index is 11.7. The number of aromatic nitrogens is 2. The normalized spacial score (nSPS) is 13.5. The predicted molar refractivity (Wildman–Crippen MR) is 73.3 cm³/mol. The second-order valence-corrected chi connectivity index (χ2v) is 4.93.